The summed E-state index contributed by atoms with van der Waals surface area (Å²) in [6, 6.07) is 4.29. The Morgan fingerprint density at radius 1 is 0.935 bits per heavy atom. The van der Waals surface area contributed by atoms with E-state index >= 15 is 0 Å². The quantitative estimate of drug-likeness (QED) is 0.285. The predicted octanol–water partition coefficient (Wildman–Crippen LogP) is 4.81. The molecule has 0 amide bonds. The molecule has 9 heteroatoms. The lowest BCUT2D eigenvalue weighted by Gasteiger charge is -2.23. The minimum Gasteiger partial charge on any atom is -0.360 e. The molecule has 2 aliphatic rings. The van der Waals surface area contributed by atoms with Crippen molar-refractivity contribution in [1.29, 1.82) is 0 Å². The number of nitrogens with zero attached hydrogens (tertiary/aromatic N) is 5. The Balaban J connectivity index is 1.50. The summed E-state index contributed by atoms with van der Waals surface area (Å²) in [6.07, 6.45) is 15.9. The Labute approximate surface area is 194 Å². The van der Waals surface area contributed by atoms with Crippen LogP contribution in [0.15, 0.2) is 34.7 Å². The molecule has 2 aromatic rings. The van der Waals surface area contributed by atoms with E-state index in [-0.39, 0.29) is 0 Å². The van der Waals surface area contributed by atoms with Crippen LogP contribution in [0.4, 0.5) is 11.8 Å². The van der Waals surface area contributed by atoms with Crippen molar-refractivity contribution in [2.75, 3.05) is 23.3 Å². The molecule has 0 unspecified atom stereocenters. The molecule has 7 nitrogen and oxygen atoms in total. The van der Waals surface area contributed by atoms with Gasteiger partial charge in [-0.05, 0) is 55.7 Å². The standard InChI is InChI=1S/C22H31N7S2/c30-21(25-17-10-5-1-2-6-11-17)28-20-26-18(29-14-7-3-4-8-15-29)16-19(27-20)31-22-23-12-9-13-24-22/h9,12-13,16-17H,1-8,10-11,14-15H2,(H2,25,26,27,28,30). The molecule has 0 bridgehead atoms. The molecule has 2 aromatic heterocycles. The minimum absolute atomic E-state index is 0.433. The average Bonchev–Trinajstić information content (AvgIpc) is 3.19. The fourth-order valence-electron chi connectivity index (χ4n) is 4.16. The van der Waals surface area contributed by atoms with E-state index in [9.17, 15) is 0 Å². The summed E-state index contributed by atoms with van der Waals surface area (Å²) < 4.78 is 0. The van der Waals surface area contributed by atoms with E-state index in [0.717, 1.165) is 23.9 Å². The highest BCUT2D eigenvalue weighted by Gasteiger charge is 2.17. The Morgan fingerprint density at radius 3 is 2.32 bits per heavy atom. The SMILES string of the molecule is S=C(Nc1nc(Sc2ncccn2)cc(N2CCCCCC2)n1)NC1CCCCCC1. The van der Waals surface area contributed by atoms with E-state index in [1.165, 1.54) is 76.0 Å². The molecule has 0 aromatic carbocycles. The summed E-state index contributed by atoms with van der Waals surface area (Å²) in [4.78, 5) is 20.5. The van der Waals surface area contributed by atoms with Crippen molar-refractivity contribution in [2.45, 2.75) is 80.4 Å². The molecule has 2 fully saturated rings. The first-order valence-corrected chi connectivity index (χ1v) is 12.7. The van der Waals surface area contributed by atoms with Gasteiger partial charge in [0.1, 0.15) is 10.8 Å². The number of hydrogen-bond acceptors (Lipinski definition) is 7. The van der Waals surface area contributed by atoms with E-state index < -0.39 is 0 Å². The Hall–Kier alpha value is -2.00. The molecule has 0 radical (unpaired) electrons. The minimum atomic E-state index is 0.433. The Morgan fingerprint density at radius 2 is 1.61 bits per heavy atom. The Bertz CT molecular complexity index is 833. The summed E-state index contributed by atoms with van der Waals surface area (Å²) in [5.41, 5.74) is 0. The second kappa shape index (κ2) is 11.6. The van der Waals surface area contributed by atoms with Crippen LogP contribution in [0.1, 0.15) is 64.2 Å². The van der Waals surface area contributed by atoms with Crippen LogP contribution in [0.25, 0.3) is 0 Å². The molecule has 0 spiro atoms. The van der Waals surface area contributed by atoms with Crippen LogP contribution in [0, 0.1) is 0 Å². The van der Waals surface area contributed by atoms with Crippen LogP contribution < -0.4 is 15.5 Å². The second-order valence-corrected chi connectivity index (χ2v) is 9.61. The maximum Gasteiger partial charge on any atom is 0.232 e. The molecule has 166 valence electrons. The monoisotopic (exact) mass is 457 g/mol. The largest absolute Gasteiger partial charge is 0.360 e. The lowest BCUT2D eigenvalue weighted by Crippen LogP contribution is -2.38. The maximum absolute atomic E-state index is 5.61. The van der Waals surface area contributed by atoms with Gasteiger partial charge in [-0.2, -0.15) is 4.98 Å². The molecule has 4 rings (SSSR count). The number of thiocarbonyl (C=S) groups is 1. The van der Waals surface area contributed by atoms with Crippen LogP contribution >= 0.6 is 24.0 Å². The number of anilines is 2. The van der Waals surface area contributed by atoms with Crippen molar-refractivity contribution in [3.05, 3.63) is 24.5 Å². The van der Waals surface area contributed by atoms with Crippen LogP contribution in [0.2, 0.25) is 0 Å². The number of aromatic nitrogens is 4. The van der Waals surface area contributed by atoms with Gasteiger partial charge in [0.2, 0.25) is 5.95 Å². The zero-order valence-corrected chi connectivity index (χ0v) is 19.6. The van der Waals surface area contributed by atoms with Gasteiger partial charge in [0.05, 0.1) is 0 Å². The van der Waals surface area contributed by atoms with E-state index in [1.807, 2.05) is 12.1 Å². The second-order valence-electron chi connectivity index (χ2n) is 8.21. The molecule has 1 aliphatic heterocycles. The molecular weight excluding hydrogens is 426 g/mol. The van der Waals surface area contributed by atoms with Crippen LogP contribution in [-0.4, -0.2) is 44.2 Å². The third-order valence-electron chi connectivity index (χ3n) is 5.77. The topological polar surface area (TPSA) is 78.9 Å². The fourth-order valence-corrected chi connectivity index (χ4v) is 5.13. The predicted molar refractivity (Wildman–Crippen MR) is 130 cm³/mol. The summed E-state index contributed by atoms with van der Waals surface area (Å²) >= 11 is 7.06. The molecule has 31 heavy (non-hydrogen) atoms. The van der Waals surface area contributed by atoms with Crippen molar-refractivity contribution in [1.82, 2.24) is 25.3 Å². The van der Waals surface area contributed by atoms with Gasteiger partial charge in [-0.1, -0.05) is 38.5 Å². The molecule has 0 atom stereocenters. The summed E-state index contributed by atoms with van der Waals surface area (Å²) in [5.74, 6) is 1.47. The zero-order chi connectivity index (χ0) is 21.3. The highest BCUT2D eigenvalue weighted by atomic mass is 32.2. The smallest absolute Gasteiger partial charge is 0.232 e. The van der Waals surface area contributed by atoms with E-state index in [1.54, 1.807) is 12.4 Å². The highest BCUT2D eigenvalue weighted by Crippen LogP contribution is 2.28. The zero-order valence-electron chi connectivity index (χ0n) is 17.9. The highest BCUT2D eigenvalue weighted by molar-refractivity contribution is 7.99. The molecule has 1 saturated carbocycles. The van der Waals surface area contributed by atoms with Gasteiger partial charge >= 0.3 is 0 Å². The molecule has 3 heterocycles. The van der Waals surface area contributed by atoms with Gasteiger partial charge in [0.25, 0.3) is 0 Å². The van der Waals surface area contributed by atoms with Gasteiger partial charge < -0.3 is 15.5 Å². The van der Waals surface area contributed by atoms with Crippen LogP contribution in [-0.2, 0) is 0 Å². The lowest BCUT2D eigenvalue weighted by atomic mass is 10.1. The van der Waals surface area contributed by atoms with Crippen molar-refractivity contribution < 1.29 is 0 Å². The molecule has 1 aliphatic carbocycles. The van der Waals surface area contributed by atoms with Crippen molar-refractivity contribution in [2.24, 2.45) is 0 Å². The molecule has 1 saturated heterocycles. The lowest BCUT2D eigenvalue weighted by molar-refractivity contribution is 0.535. The van der Waals surface area contributed by atoms with Crippen molar-refractivity contribution in [3.8, 4) is 0 Å². The van der Waals surface area contributed by atoms with Gasteiger partial charge in [-0.15, -0.1) is 0 Å². The molecule has 2 N–H and O–H groups in total. The average molecular weight is 458 g/mol. The van der Waals surface area contributed by atoms with E-state index in [4.69, 9.17) is 22.2 Å². The summed E-state index contributed by atoms with van der Waals surface area (Å²) in [5, 5.41) is 8.83. The first-order chi connectivity index (χ1) is 15.3. The van der Waals surface area contributed by atoms with Crippen molar-refractivity contribution in [3.63, 3.8) is 0 Å². The number of rotatable bonds is 5. The van der Waals surface area contributed by atoms with Gasteiger partial charge in [-0.25, -0.2) is 15.0 Å². The third-order valence-corrected chi connectivity index (χ3v) is 6.80. The fraction of sp³-hybridized carbons (Fsp3) is 0.591. The third kappa shape index (κ3) is 7.00. The molecular formula is C22H31N7S2. The summed E-state index contributed by atoms with van der Waals surface area (Å²) in [6.45, 7) is 2.04. The first kappa shape index (κ1) is 22.2. The van der Waals surface area contributed by atoms with Gasteiger partial charge in [0.15, 0.2) is 10.3 Å². The van der Waals surface area contributed by atoms with E-state index in [0.29, 0.717) is 22.3 Å². The van der Waals surface area contributed by atoms with Gasteiger partial charge in [0, 0.05) is 37.6 Å². The van der Waals surface area contributed by atoms with Crippen LogP contribution in [0.3, 0.4) is 0 Å². The first-order valence-electron chi connectivity index (χ1n) is 11.4. The number of hydrogen-bond donors (Lipinski definition) is 2. The van der Waals surface area contributed by atoms with E-state index in [2.05, 4.69) is 25.5 Å². The maximum atomic E-state index is 5.61. The van der Waals surface area contributed by atoms with Gasteiger partial charge in [-0.3, -0.25) is 0 Å². The normalized spacial score (nSPS) is 18.1. The Kier molecular flexibility index (Phi) is 8.29. The van der Waals surface area contributed by atoms with Crippen molar-refractivity contribution >= 4 is 40.9 Å². The number of nitrogens with one attached hydrogen (secondary N) is 2. The summed E-state index contributed by atoms with van der Waals surface area (Å²) in [7, 11) is 0. The van der Waals surface area contributed by atoms with Crippen LogP contribution in [0.5, 0.6) is 0 Å².